The number of benzene rings is 2. The van der Waals surface area contributed by atoms with Crippen LogP contribution in [0.15, 0.2) is 48.7 Å². The summed E-state index contributed by atoms with van der Waals surface area (Å²) in [4.78, 5) is 25.3. The van der Waals surface area contributed by atoms with Crippen LogP contribution in [-0.4, -0.2) is 20.9 Å². The van der Waals surface area contributed by atoms with Gasteiger partial charge in [-0.05, 0) is 74.4 Å². The zero-order valence-corrected chi connectivity index (χ0v) is 18.6. The van der Waals surface area contributed by atoms with Crippen molar-refractivity contribution in [2.75, 3.05) is 5.32 Å². The highest BCUT2D eigenvalue weighted by atomic mass is 35.5. The standard InChI is InChI=1S/C24H18ClF3N4O/c1-12-8-19-20(9-13(12)2)32-21(11-29-19)17-10-15(4-6-18(17)25)31-23(33)16-5-7-22(24(26,27)28)30-14(16)3/h4-11H,1-3H3,(H,31,33). The van der Waals surface area contributed by atoms with E-state index >= 15 is 0 Å². The summed E-state index contributed by atoms with van der Waals surface area (Å²) in [5.41, 5.74) is 4.12. The number of halogens is 4. The molecule has 0 unspecified atom stereocenters. The van der Waals surface area contributed by atoms with E-state index in [4.69, 9.17) is 11.6 Å². The minimum Gasteiger partial charge on any atom is -0.322 e. The molecule has 2 aromatic carbocycles. The lowest BCUT2D eigenvalue weighted by atomic mass is 10.1. The highest BCUT2D eigenvalue weighted by Crippen LogP contribution is 2.31. The minimum absolute atomic E-state index is 0.0254. The molecule has 0 aliphatic rings. The first-order valence-electron chi connectivity index (χ1n) is 9.93. The second kappa shape index (κ2) is 8.44. The van der Waals surface area contributed by atoms with Gasteiger partial charge in [-0.3, -0.25) is 9.78 Å². The number of pyridine rings is 1. The van der Waals surface area contributed by atoms with Crippen LogP contribution in [0.4, 0.5) is 18.9 Å². The maximum Gasteiger partial charge on any atom is 0.433 e. The monoisotopic (exact) mass is 470 g/mol. The van der Waals surface area contributed by atoms with E-state index in [1.54, 1.807) is 24.4 Å². The van der Waals surface area contributed by atoms with Crippen LogP contribution in [0.25, 0.3) is 22.3 Å². The fourth-order valence-electron chi connectivity index (χ4n) is 3.35. The molecule has 0 fully saturated rings. The minimum atomic E-state index is -4.58. The molecule has 0 saturated heterocycles. The molecule has 9 heteroatoms. The molecule has 1 N–H and O–H groups in total. The zero-order valence-electron chi connectivity index (χ0n) is 17.9. The lowest BCUT2D eigenvalue weighted by molar-refractivity contribution is -0.141. The molecule has 2 heterocycles. The largest absolute Gasteiger partial charge is 0.433 e. The number of nitrogens with one attached hydrogen (secondary N) is 1. The number of anilines is 1. The quantitative estimate of drug-likeness (QED) is 0.369. The van der Waals surface area contributed by atoms with Crippen molar-refractivity contribution in [2.45, 2.75) is 26.9 Å². The summed E-state index contributed by atoms with van der Waals surface area (Å²) in [7, 11) is 0. The molecule has 0 spiro atoms. The Balaban J connectivity index is 1.65. The molecule has 4 rings (SSSR count). The molecule has 168 valence electrons. The zero-order chi connectivity index (χ0) is 23.9. The third kappa shape index (κ3) is 4.66. The van der Waals surface area contributed by atoms with Crippen molar-refractivity contribution in [3.05, 3.63) is 81.8 Å². The van der Waals surface area contributed by atoms with Crippen molar-refractivity contribution in [1.82, 2.24) is 15.0 Å². The fourth-order valence-corrected chi connectivity index (χ4v) is 3.57. The van der Waals surface area contributed by atoms with Gasteiger partial charge < -0.3 is 5.32 Å². The molecule has 0 saturated carbocycles. The number of fused-ring (bicyclic) bond motifs is 1. The summed E-state index contributed by atoms with van der Waals surface area (Å²) in [5.74, 6) is -0.585. The number of amides is 1. The van der Waals surface area contributed by atoms with Crippen molar-refractivity contribution in [3.63, 3.8) is 0 Å². The van der Waals surface area contributed by atoms with E-state index in [1.165, 1.54) is 6.92 Å². The van der Waals surface area contributed by atoms with Crippen LogP contribution >= 0.6 is 11.6 Å². The van der Waals surface area contributed by atoms with Crippen LogP contribution < -0.4 is 5.32 Å². The van der Waals surface area contributed by atoms with E-state index in [9.17, 15) is 18.0 Å². The fraction of sp³-hybridized carbons (Fsp3) is 0.167. The lowest BCUT2D eigenvalue weighted by Crippen LogP contribution is -2.16. The molecule has 0 aliphatic carbocycles. The Hall–Kier alpha value is -3.52. The summed E-state index contributed by atoms with van der Waals surface area (Å²) in [6, 6.07) is 10.6. The Morgan fingerprint density at radius 2 is 1.64 bits per heavy atom. The average molecular weight is 471 g/mol. The van der Waals surface area contributed by atoms with Crippen molar-refractivity contribution in [3.8, 4) is 11.3 Å². The van der Waals surface area contributed by atoms with Crippen molar-refractivity contribution in [2.24, 2.45) is 0 Å². The molecule has 1 amide bonds. The first kappa shape index (κ1) is 22.7. The summed E-state index contributed by atoms with van der Waals surface area (Å²) < 4.78 is 38.5. The van der Waals surface area contributed by atoms with Crippen molar-refractivity contribution < 1.29 is 18.0 Å². The maximum atomic E-state index is 12.8. The number of aryl methyl sites for hydroxylation is 3. The smallest absolute Gasteiger partial charge is 0.322 e. The second-order valence-electron chi connectivity index (χ2n) is 7.66. The average Bonchev–Trinajstić information content (AvgIpc) is 2.75. The van der Waals surface area contributed by atoms with Gasteiger partial charge in [0.05, 0.1) is 39.2 Å². The van der Waals surface area contributed by atoms with E-state index < -0.39 is 17.8 Å². The van der Waals surface area contributed by atoms with Gasteiger partial charge >= 0.3 is 6.18 Å². The molecular formula is C24H18ClF3N4O. The summed E-state index contributed by atoms with van der Waals surface area (Å²) in [5, 5.41) is 3.10. The molecule has 0 bridgehead atoms. The third-order valence-electron chi connectivity index (χ3n) is 5.28. The highest BCUT2D eigenvalue weighted by molar-refractivity contribution is 6.33. The molecule has 33 heavy (non-hydrogen) atoms. The number of carbonyl (C=O) groups excluding carboxylic acids is 1. The Bertz CT molecular complexity index is 1400. The predicted octanol–water partition coefficient (Wildman–Crippen LogP) is 6.54. The number of hydrogen-bond donors (Lipinski definition) is 1. The van der Waals surface area contributed by atoms with Crippen LogP contribution in [0.1, 0.15) is 32.9 Å². The van der Waals surface area contributed by atoms with Crippen LogP contribution in [0.3, 0.4) is 0 Å². The van der Waals surface area contributed by atoms with Crippen LogP contribution in [-0.2, 0) is 6.18 Å². The van der Waals surface area contributed by atoms with Crippen molar-refractivity contribution >= 4 is 34.2 Å². The van der Waals surface area contributed by atoms with Gasteiger partial charge in [0.2, 0.25) is 0 Å². The van der Waals surface area contributed by atoms with E-state index in [1.807, 2.05) is 26.0 Å². The first-order chi connectivity index (χ1) is 15.5. The molecule has 0 atom stereocenters. The molecule has 0 aliphatic heterocycles. The maximum absolute atomic E-state index is 12.8. The topological polar surface area (TPSA) is 67.8 Å². The van der Waals surface area contributed by atoms with Gasteiger partial charge in [0, 0.05) is 11.3 Å². The highest BCUT2D eigenvalue weighted by Gasteiger charge is 2.33. The van der Waals surface area contributed by atoms with Gasteiger partial charge in [-0.15, -0.1) is 0 Å². The van der Waals surface area contributed by atoms with Crippen LogP contribution in [0, 0.1) is 20.8 Å². The number of hydrogen-bond acceptors (Lipinski definition) is 4. The van der Waals surface area contributed by atoms with Crippen LogP contribution in [0.5, 0.6) is 0 Å². The molecule has 4 aromatic rings. The molecule has 5 nitrogen and oxygen atoms in total. The lowest BCUT2D eigenvalue weighted by Gasteiger charge is -2.12. The first-order valence-corrected chi connectivity index (χ1v) is 10.3. The number of rotatable bonds is 3. The normalized spacial score (nSPS) is 11.6. The number of nitrogens with zero attached hydrogens (tertiary/aromatic N) is 3. The van der Waals surface area contributed by atoms with E-state index in [-0.39, 0.29) is 11.3 Å². The number of aromatic nitrogens is 3. The number of alkyl halides is 3. The number of carbonyl (C=O) groups is 1. The van der Waals surface area contributed by atoms with Crippen molar-refractivity contribution in [1.29, 1.82) is 0 Å². The van der Waals surface area contributed by atoms with E-state index in [0.29, 0.717) is 27.5 Å². The SMILES string of the molecule is Cc1cc2ncc(-c3cc(NC(=O)c4ccc(C(F)(F)F)nc4C)ccc3Cl)nc2cc1C. The Kier molecular flexibility index (Phi) is 5.80. The second-order valence-corrected chi connectivity index (χ2v) is 8.06. The van der Waals surface area contributed by atoms with Gasteiger partial charge in [0.15, 0.2) is 0 Å². The van der Waals surface area contributed by atoms with Gasteiger partial charge in [-0.2, -0.15) is 13.2 Å². The Morgan fingerprint density at radius 3 is 2.30 bits per heavy atom. The van der Waals surface area contributed by atoms with Gasteiger partial charge in [-0.25, -0.2) is 9.97 Å². The van der Waals surface area contributed by atoms with Gasteiger partial charge in [-0.1, -0.05) is 11.6 Å². The molecule has 2 aromatic heterocycles. The third-order valence-corrected chi connectivity index (χ3v) is 5.61. The van der Waals surface area contributed by atoms with E-state index in [2.05, 4.69) is 20.3 Å². The Morgan fingerprint density at radius 1 is 0.939 bits per heavy atom. The van der Waals surface area contributed by atoms with E-state index in [0.717, 1.165) is 28.8 Å². The molecule has 0 radical (unpaired) electrons. The predicted molar refractivity (Wildman–Crippen MR) is 121 cm³/mol. The summed E-state index contributed by atoms with van der Waals surface area (Å²) in [6.45, 7) is 5.34. The van der Waals surface area contributed by atoms with Gasteiger partial charge in [0.1, 0.15) is 5.69 Å². The summed E-state index contributed by atoms with van der Waals surface area (Å²) >= 11 is 6.38. The summed E-state index contributed by atoms with van der Waals surface area (Å²) in [6.07, 6.45) is -2.98. The molecular weight excluding hydrogens is 453 g/mol. The van der Waals surface area contributed by atoms with Gasteiger partial charge in [0.25, 0.3) is 5.91 Å². The van der Waals surface area contributed by atoms with Crippen LogP contribution in [0.2, 0.25) is 5.02 Å². The Labute approximate surface area is 192 Å².